The molecule has 54 valence electrons. The highest BCUT2D eigenvalue weighted by Gasteiger charge is 1.88. The Balaban J connectivity index is 2.75. The van der Waals surface area contributed by atoms with E-state index in [1.165, 1.54) is 0 Å². The van der Waals surface area contributed by atoms with Crippen molar-refractivity contribution in [3.63, 3.8) is 0 Å². The normalized spacial score (nSPS) is 9.40. The Morgan fingerprint density at radius 3 is 2.90 bits per heavy atom. The molecule has 0 aliphatic rings. The maximum Gasteiger partial charge on any atom is 0.0637 e. The van der Waals surface area contributed by atoms with Crippen LogP contribution in [0.15, 0.2) is 24.3 Å². The average Bonchev–Trinajstić information content (AvgIpc) is 1.88. The van der Waals surface area contributed by atoms with Gasteiger partial charge in [0.05, 0.1) is 5.69 Å². The van der Waals surface area contributed by atoms with Gasteiger partial charge in [-0.2, -0.15) is 0 Å². The van der Waals surface area contributed by atoms with Crippen LogP contribution in [0.2, 0.25) is 0 Å². The first-order chi connectivity index (χ1) is 4.83. The van der Waals surface area contributed by atoms with Crippen molar-refractivity contribution in [2.24, 2.45) is 0 Å². The van der Waals surface area contributed by atoms with Gasteiger partial charge in [0.1, 0.15) is 0 Å². The highest BCUT2D eigenvalue weighted by Crippen LogP contribution is 2.08. The Labute approximate surface area is 59.1 Å². The molecule has 0 saturated heterocycles. The lowest BCUT2D eigenvalue weighted by molar-refractivity contribution is -0.215. The van der Waals surface area contributed by atoms with Crippen molar-refractivity contribution in [3.8, 4) is 0 Å². The zero-order valence-electron chi connectivity index (χ0n) is 5.66. The first kappa shape index (κ1) is 7.05. The molecule has 0 unspecified atom stereocenters. The number of hydrogen-bond donors (Lipinski definition) is 2. The minimum absolute atomic E-state index is 0.738. The SMILES string of the molecule is Cc1cccc(NOO)c1. The van der Waals surface area contributed by atoms with E-state index < -0.39 is 0 Å². The average molecular weight is 139 g/mol. The zero-order chi connectivity index (χ0) is 7.40. The number of aryl methyl sites for hydroxylation is 1. The lowest BCUT2D eigenvalue weighted by atomic mass is 10.2. The lowest BCUT2D eigenvalue weighted by Gasteiger charge is -1.99. The molecule has 0 saturated carbocycles. The van der Waals surface area contributed by atoms with E-state index in [9.17, 15) is 0 Å². The van der Waals surface area contributed by atoms with E-state index in [1.54, 1.807) is 6.07 Å². The summed E-state index contributed by atoms with van der Waals surface area (Å²) in [5.41, 5.74) is 4.16. The molecule has 0 atom stereocenters. The molecular formula is C7H9NO2. The molecule has 0 radical (unpaired) electrons. The van der Waals surface area contributed by atoms with E-state index in [0.29, 0.717) is 0 Å². The third-order valence-corrected chi connectivity index (χ3v) is 1.18. The van der Waals surface area contributed by atoms with Crippen molar-refractivity contribution in [2.75, 3.05) is 5.48 Å². The molecule has 0 aromatic heterocycles. The van der Waals surface area contributed by atoms with Crippen molar-refractivity contribution < 1.29 is 10.2 Å². The second kappa shape index (κ2) is 3.20. The van der Waals surface area contributed by atoms with E-state index in [0.717, 1.165) is 11.3 Å². The summed E-state index contributed by atoms with van der Waals surface area (Å²) < 4.78 is 0. The zero-order valence-corrected chi connectivity index (χ0v) is 5.66. The number of benzene rings is 1. The fraction of sp³-hybridized carbons (Fsp3) is 0.143. The number of anilines is 1. The minimum atomic E-state index is 0.738. The molecule has 0 heterocycles. The minimum Gasteiger partial charge on any atom is -0.236 e. The third kappa shape index (κ3) is 1.72. The maximum absolute atomic E-state index is 8.00. The maximum atomic E-state index is 8.00. The van der Waals surface area contributed by atoms with Crippen molar-refractivity contribution in [1.29, 1.82) is 0 Å². The van der Waals surface area contributed by atoms with Crippen LogP contribution in [0.25, 0.3) is 0 Å². The summed E-state index contributed by atoms with van der Waals surface area (Å²) in [6.45, 7) is 1.96. The standard InChI is InChI=1S/C7H9NO2/c1-6-3-2-4-7(5-6)8-10-9/h2-5,8-9H,1H3. The van der Waals surface area contributed by atoms with Crippen LogP contribution in [0, 0.1) is 6.92 Å². The number of hydrogen-bond acceptors (Lipinski definition) is 3. The van der Waals surface area contributed by atoms with Crippen LogP contribution < -0.4 is 5.48 Å². The van der Waals surface area contributed by atoms with Crippen LogP contribution >= 0.6 is 0 Å². The van der Waals surface area contributed by atoms with E-state index in [-0.39, 0.29) is 0 Å². The summed E-state index contributed by atoms with van der Waals surface area (Å²) in [6.07, 6.45) is 0. The monoisotopic (exact) mass is 139 g/mol. The van der Waals surface area contributed by atoms with Gasteiger partial charge in [-0.3, -0.25) is 0 Å². The van der Waals surface area contributed by atoms with Crippen molar-refractivity contribution in [1.82, 2.24) is 0 Å². The summed E-state index contributed by atoms with van der Waals surface area (Å²) in [5.74, 6) is 0. The van der Waals surface area contributed by atoms with Gasteiger partial charge in [-0.05, 0) is 24.6 Å². The largest absolute Gasteiger partial charge is 0.236 e. The Morgan fingerprint density at radius 1 is 1.50 bits per heavy atom. The molecule has 10 heavy (non-hydrogen) atoms. The molecule has 0 fully saturated rings. The van der Waals surface area contributed by atoms with Gasteiger partial charge in [0.25, 0.3) is 0 Å². The molecule has 0 amide bonds. The fourth-order valence-electron chi connectivity index (χ4n) is 0.761. The highest BCUT2D eigenvalue weighted by atomic mass is 17.2. The topological polar surface area (TPSA) is 41.5 Å². The van der Waals surface area contributed by atoms with Crippen molar-refractivity contribution in [2.45, 2.75) is 6.92 Å². The van der Waals surface area contributed by atoms with E-state index in [2.05, 4.69) is 10.5 Å². The first-order valence-corrected chi connectivity index (χ1v) is 2.96. The second-order valence-electron chi connectivity index (χ2n) is 2.06. The first-order valence-electron chi connectivity index (χ1n) is 2.96. The van der Waals surface area contributed by atoms with Crippen LogP contribution in [-0.2, 0) is 4.99 Å². The summed E-state index contributed by atoms with van der Waals surface area (Å²) in [6, 6.07) is 7.48. The van der Waals surface area contributed by atoms with Gasteiger partial charge in [-0.25, -0.2) is 10.7 Å². The lowest BCUT2D eigenvalue weighted by Crippen LogP contribution is -1.95. The molecule has 3 heteroatoms. The third-order valence-electron chi connectivity index (χ3n) is 1.18. The van der Waals surface area contributed by atoms with Gasteiger partial charge < -0.3 is 0 Å². The van der Waals surface area contributed by atoms with Crippen LogP contribution in [0.3, 0.4) is 0 Å². The molecule has 1 rings (SSSR count). The molecule has 1 aromatic rings. The Bertz CT molecular complexity index is 213. The fourth-order valence-corrected chi connectivity index (χ4v) is 0.761. The highest BCUT2D eigenvalue weighted by molar-refractivity contribution is 5.43. The van der Waals surface area contributed by atoms with Crippen LogP contribution in [0.4, 0.5) is 5.69 Å². The number of nitrogens with one attached hydrogen (secondary N) is 1. The number of rotatable bonds is 2. The van der Waals surface area contributed by atoms with E-state index in [1.807, 2.05) is 25.1 Å². The summed E-state index contributed by atoms with van der Waals surface area (Å²) in [7, 11) is 0. The van der Waals surface area contributed by atoms with Gasteiger partial charge >= 0.3 is 0 Å². The quantitative estimate of drug-likeness (QED) is 0.485. The predicted octanol–water partition coefficient (Wildman–Crippen LogP) is 1.81. The van der Waals surface area contributed by atoms with E-state index >= 15 is 0 Å². The summed E-state index contributed by atoms with van der Waals surface area (Å²) >= 11 is 0. The molecule has 0 aliphatic carbocycles. The molecule has 2 N–H and O–H groups in total. The van der Waals surface area contributed by atoms with Crippen molar-refractivity contribution in [3.05, 3.63) is 29.8 Å². The van der Waals surface area contributed by atoms with Gasteiger partial charge in [-0.15, -0.1) is 4.99 Å². The van der Waals surface area contributed by atoms with E-state index in [4.69, 9.17) is 5.26 Å². The summed E-state index contributed by atoms with van der Waals surface area (Å²) in [5, 5.41) is 8.00. The Hall–Kier alpha value is -1.06. The van der Waals surface area contributed by atoms with Gasteiger partial charge in [-0.1, -0.05) is 12.1 Å². The van der Waals surface area contributed by atoms with Gasteiger partial charge in [0.15, 0.2) is 0 Å². The molecule has 0 aliphatic heterocycles. The smallest absolute Gasteiger partial charge is 0.0637 e. The second-order valence-corrected chi connectivity index (χ2v) is 2.06. The Kier molecular flexibility index (Phi) is 2.25. The van der Waals surface area contributed by atoms with Crippen LogP contribution in [0.1, 0.15) is 5.56 Å². The van der Waals surface area contributed by atoms with Crippen LogP contribution in [0.5, 0.6) is 0 Å². The van der Waals surface area contributed by atoms with Crippen LogP contribution in [-0.4, -0.2) is 5.26 Å². The van der Waals surface area contributed by atoms with Crippen molar-refractivity contribution >= 4 is 5.69 Å². The predicted molar refractivity (Wildman–Crippen MR) is 38.5 cm³/mol. The van der Waals surface area contributed by atoms with Gasteiger partial charge in [0.2, 0.25) is 0 Å². The molecule has 0 spiro atoms. The summed E-state index contributed by atoms with van der Waals surface area (Å²) in [4.78, 5) is 3.73. The molecule has 3 nitrogen and oxygen atoms in total. The van der Waals surface area contributed by atoms with Gasteiger partial charge in [0, 0.05) is 0 Å². The molecule has 0 bridgehead atoms. The molecular weight excluding hydrogens is 130 g/mol. The molecule has 1 aromatic carbocycles. The Morgan fingerprint density at radius 2 is 2.30 bits per heavy atom.